The van der Waals surface area contributed by atoms with Gasteiger partial charge in [0.25, 0.3) is 0 Å². The summed E-state index contributed by atoms with van der Waals surface area (Å²) in [5.41, 5.74) is 1.23. The first-order valence-corrected chi connectivity index (χ1v) is 4.01. The van der Waals surface area contributed by atoms with Crippen molar-refractivity contribution in [3.63, 3.8) is 0 Å². The first kappa shape index (κ1) is 8.72. The second kappa shape index (κ2) is 4.50. The third-order valence-electron chi connectivity index (χ3n) is 1.80. The zero-order chi connectivity index (χ0) is 8.81. The topological polar surface area (TPSA) is 17.1 Å². The van der Waals surface area contributed by atoms with E-state index in [0.29, 0.717) is 5.92 Å². The molecule has 62 valence electrons. The fourth-order valence-corrected chi connectivity index (χ4v) is 1.08. The van der Waals surface area contributed by atoms with Crippen LogP contribution in [0, 0.1) is 0 Å². The quantitative estimate of drug-likeness (QED) is 0.490. The van der Waals surface area contributed by atoms with Crippen LogP contribution in [-0.2, 0) is 4.79 Å². The van der Waals surface area contributed by atoms with Gasteiger partial charge < -0.3 is 0 Å². The largest absolute Gasteiger partial charge is 0.299 e. The molecule has 0 aliphatic rings. The number of carbonyl (C=O) groups excluding carboxylic acids is 1. The zero-order valence-corrected chi connectivity index (χ0v) is 7.10. The number of hydrogen-bond donors (Lipinski definition) is 0. The van der Waals surface area contributed by atoms with Crippen LogP contribution in [-0.4, -0.2) is 6.29 Å². The molecule has 0 aliphatic carbocycles. The molecule has 1 atom stereocenters. The summed E-state index contributed by atoms with van der Waals surface area (Å²) in [4.78, 5) is 10.1. The van der Waals surface area contributed by atoms with E-state index in [0.717, 1.165) is 6.29 Å². The Labute approximate surface area is 72.7 Å². The standard InChI is InChI=1S/C11H12O/c1-10(6-5-9-12)11-7-3-2-4-8-11/h2-10H,1H3/b6-5-. The van der Waals surface area contributed by atoms with Crippen LogP contribution < -0.4 is 0 Å². The van der Waals surface area contributed by atoms with Crippen molar-refractivity contribution in [2.45, 2.75) is 12.8 Å². The third kappa shape index (κ3) is 2.35. The fourth-order valence-electron chi connectivity index (χ4n) is 1.08. The van der Waals surface area contributed by atoms with Crippen LogP contribution in [0.15, 0.2) is 42.5 Å². The SMILES string of the molecule is CC(/C=C\C=O)c1ccccc1. The van der Waals surface area contributed by atoms with Gasteiger partial charge >= 0.3 is 0 Å². The monoisotopic (exact) mass is 160 g/mol. The Bertz CT molecular complexity index is 262. The highest BCUT2D eigenvalue weighted by atomic mass is 16.1. The Kier molecular flexibility index (Phi) is 3.27. The number of carbonyl (C=O) groups is 1. The van der Waals surface area contributed by atoms with Crippen LogP contribution in [0.1, 0.15) is 18.4 Å². The first-order valence-electron chi connectivity index (χ1n) is 4.01. The van der Waals surface area contributed by atoms with E-state index in [-0.39, 0.29) is 0 Å². The molecule has 1 aromatic carbocycles. The maximum Gasteiger partial charge on any atom is 0.142 e. The Balaban J connectivity index is 2.71. The number of hydrogen-bond acceptors (Lipinski definition) is 1. The van der Waals surface area contributed by atoms with E-state index in [9.17, 15) is 4.79 Å². The molecule has 0 heterocycles. The second-order valence-corrected chi connectivity index (χ2v) is 2.72. The predicted molar refractivity (Wildman–Crippen MR) is 50.1 cm³/mol. The average Bonchev–Trinajstić information content (AvgIpc) is 2.15. The lowest BCUT2D eigenvalue weighted by Gasteiger charge is -2.04. The summed E-state index contributed by atoms with van der Waals surface area (Å²) < 4.78 is 0. The maximum atomic E-state index is 10.1. The lowest BCUT2D eigenvalue weighted by atomic mass is 10.0. The first-order chi connectivity index (χ1) is 5.84. The van der Waals surface area contributed by atoms with Crippen molar-refractivity contribution in [2.24, 2.45) is 0 Å². The van der Waals surface area contributed by atoms with Crippen LogP contribution in [0.4, 0.5) is 0 Å². The van der Waals surface area contributed by atoms with Crippen molar-refractivity contribution in [1.29, 1.82) is 0 Å². The molecule has 0 aromatic heterocycles. The summed E-state index contributed by atoms with van der Waals surface area (Å²) in [5, 5.41) is 0. The molecule has 12 heavy (non-hydrogen) atoms. The molecular weight excluding hydrogens is 148 g/mol. The van der Waals surface area contributed by atoms with Crippen molar-refractivity contribution in [2.75, 3.05) is 0 Å². The molecule has 0 fully saturated rings. The molecule has 0 N–H and O–H groups in total. The highest BCUT2D eigenvalue weighted by Gasteiger charge is 1.97. The molecule has 0 saturated heterocycles. The van der Waals surface area contributed by atoms with Gasteiger partial charge in [0, 0.05) is 0 Å². The van der Waals surface area contributed by atoms with Gasteiger partial charge in [0.05, 0.1) is 0 Å². The molecule has 1 unspecified atom stereocenters. The van der Waals surface area contributed by atoms with Crippen LogP contribution in [0.5, 0.6) is 0 Å². The van der Waals surface area contributed by atoms with Crippen molar-refractivity contribution in [3.05, 3.63) is 48.0 Å². The zero-order valence-electron chi connectivity index (χ0n) is 7.10. The molecule has 0 spiro atoms. The predicted octanol–water partition coefficient (Wildman–Crippen LogP) is 2.55. The summed E-state index contributed by atoms with van der Waals surface area (Å²) in [7, 11) is 0. The number of aldehydes is 1. The lowest BCUT2D eigenvalue weighted by Crippen LogP contribution is -1.87. The Morgan fingerprint density at radius 2 is 1.92 bits per heavy atom. The van der Waals surface area contributed by atoms with Gasteiger partial charge in [-0.05, 0) is 17.6 Å². The minimum Gasteiger partial charge on any atom is -0.299 e. The molecule has 0 radical (unpaired) electrons. The van der Waals surface area contributed by atoms with Gasteiger partial charge in [-0.25, -0.2) is 0 Å². The van der Waals surface area contributed by atoms with Crippen molar-refractivity contribution >= 4 is 6.29 Å². The molecule has 1 aromatic rings. The maximum absolute atomic E-state index is 10.1. The van der Waals surface area contributed by atoms with Gasteiger partial charge in [-0.3, -0.25) is 4.79 Å². The normalized spacial score (nSPS) is 13.1. The molecule has 1 rings (SSSR count). The van der Waals surface area contributed by atoms with Crippen molar-refractivity contribution in [1.82, 2.24) is 0 Å². The molecule has 0 bridgehead atoms. The average molecular weight is 160 g/mol. The highest BCUT2D eigenvalue weighted by molar-refractivity contribution is 5.64. The Hall–Kier alpha value is -1.37. The smallest absolute Gasteiger partial charge is 0.142 e. The fraction of sp³-hybridized carbons (Fsp3) is 0.182. The van der Waals surface area contributed by atoms with Gasteiger partial charge in [0.15, 0.2) is 0 Å². The summed E-state index contributed by atoms with van der Waals surface area (Å²) in [5.74, 6) is 0.316. The minimum absolute atomic E-state index is 0.316. The van der Waals surface area contributed by atoms with Crippen LogP contribution in [0.25, 0.3) is 0 Å². The van der Waals surface area contributed by atoms with Gasteiger partial charge in [0.1, 0.15) is 6.29 Å². The molecule has 1 heteroatoms. The summed E-state index contributed by atoms with van der Waals surface area (Å²) >= 11 is 0. The third-order valence-corrected chi connectivity index (χ3v) is 1.80. The van der Waals surface area contributed by atoms with E-state index in [4.69, 9.17) is 0 Å². The number of allylic oxidation sites excluding steroid dienone is 2. The van der Waals surface area contributed by atoms with Gasteiger partial charge in [-0.15, -0.1) is 0 Å². The van der Waals surface area contributed by atoms with E-state index in [1.54, 1.807) is 0 Å². The van der Waals surface area contributed by atoms with Crippen LogP contribution in [0.2, 0.25) is 0 Å². The minimum atomic E-state index is 0.316. The van der Waals surface area contributed by atoms with Crippen molar-refractivity contribution in [3.8, 4) is 0 Å². The van der Waals surface area contributed by atoms with E-state index in [2.05, 4.69) is 19.1 Å². The Morgan fingerprint density at radius 1 is 1.25 bits per heavy atom. The number of benzene rings is 1. The summed E-state index contributed by atoms with van der Waals surface area (Å²) in [6, 6.07) is 10.1. The van der Waals surface area contributed by atoms with Gasteiger partial charge in [-0.2, -0.15) is 0 Å². The van der Waals surface area contributed by atoms with Crippen LogP contribution >= 0.6 is 0 Å². The van der Waals surface area contributed by atoms with E-state index in [1.807, 2.05) is 24.3 Å². The number of rotatable bonds is 3. The summed E-state index contributed by atoms with van der Waals surface area (Å²) in [6.45, 7) is 2.06. The molecular formula is C11H12O. The summed E-state index contributed by atoms with van der Waals surface area (Å²) in [6.07, 6.45) is 4.24. The van der Waals surface area contributed by atoms with Gasteiger partial charge in [-0.1, -0.05) is 43.3 Å². The van der Waals surface area contributed by atoms with Crippen molar-refractivity contribution < 1.29 is 4.79 Å². The lowest BCUT2D eigenvalue weighted by molar-refractivity contribution is -0.104. The van der Waals surface area contributed by atoms with E-state index < -0.39 is 0 Å². The molecule has 0 saturated carbocycles. The molecule has 0 aliphatic heterocycles. The van der Waals surface area contributed by atoms with E-state index >= 15 is 0 Å². The van der Waals surface area contributed by atoms with Gasteiger partial charge in [0.2, 0.25) is 0 Å². The van der Waals surface area contributed by atoms with E-state index in [1.165, 1.54) is 11.6 Å². The second-order valence-electron chi connectivity index (χ2n) is 2.72. The molecule has 0 amide bonds. The molecule has 1 nitrogen and oxygen atoms in total. The Morgan fingerprint density at radius 3 is 2.50 bits per heavy atom. The highest BCUT2D eigenvalue weighted by Crippen LogP contribution is 2.14. The van der Waals surface area contributed by atoms with Crippen LogP contribution in [0.3, 0.4) is 0 Å².